The van der Waals surface area contributed by atoms with E-state index >= 15 is 0 Å². The van der Waals surface area contributed by atoms with E-state index in [2.05, 4.69) is 32.4 Å². The van der Waals surface area contributed by atoms with E-state index in [4.69, 9.17) is 0 Å². The first-order valence-corrected chi connectivity index (χ1v) is 11.1. The molecule has 7 nitrogen and oxygen atoms in total. The summed E-state index contributed by atoms with van der Waals surface area (Å²) in [4.78, 5) is 11.3. The van der Waals surface area contributed by atoms with Gasteiger partial charge in [0.1, 0.15) is 0 Å². The molecule has 0 aliphatic carbocycles. The first-order chi connectivity index (χ1) is 11.9. The van der Waals surface area contributed by atoms with Crippen molar-refractivity contribution in [3.8, 4) is 0 Å². The third-order valence-electron chi connectivity index (χ3n) is 3.09. The number of nitrogens with zero attached hydrogens (tertiary/aromatic N) is 2. The van der Waals surface area contributed by atoms with Gasteiger partial charge in [-0.2, -0.15) is 11.8 Å². The lowest BCUT2D eigenvalue weighted by Gasteiger charge is -2.04. The zero-order chi connectivity index (χ0) is 18.3. The molecular formula is C15H20N4O3S3. The number of carbonyl (C=O) groups excluding carboxylic acids is 1. The van der Waals surface area contributed by atoms with Gasteiger partial charge in [-0.15, -0.1) is 10.2 Å². The minimum Gasteiger partial charge on any atom is -0.301 e. The molecule has 1 aromatic heterocycles. The largest absolute Gasteiger partial charge is 0.301 e. The Hall–Kier alpha value is -1.49. The van der Waals surface area contributed by atoms with Crippen LogP contribution < -0.4 is 10.0 Å². The van der Waals surface area contributed by atoms with Gasteiger partial charge in [-0.1, -0.05) is 48.1 Å². The fraction of sp³-hybridized carbons (Fsp3) is 0.400. The molecule has 136 valence electrons. The second-order valence-corrected chi connectivity index (χ2v) is 9.24. The van der Waals surface area contributed by atoms with Gasteiger partial charge in [0, 0.05) is 24.5 Å². The van der Waals surface area contributed by atoms with E-state index in [-0.39, 0.29) is 21.8 Å². The number of amides is 1. The van der Waals surface area contributed by atoms with Crippen LogP contribution in [0.25, 0.3) is 0 Å². The molecule has 0 bridgehead atoms. The SMILES string of the molecule is CCC(=O)Nc1nnc(S(=O)(=O)NCCSCc2cccc(C)c2)s1. The van der Waals surface area contributed by atoms with Gasteiger partial charge in [0.15, 0.2) is 0 Å². The molecule has 1 heterocycles. The molecule has 2 aromatic rings. The summed E-state index contributed by atoms with van der Waals surface area (Å²) in [6, 6.07) is 8.22. The molecule has 1 amide bonds. The maximum atomic E-state index is 12.2. The number of anilines is 1. The molecule has 25 heavy (non-hydrogen) atoms. The van der Waals surface area contributed by atoms with Crippen LogP contribution in [0.2, 0.25) is 0 Å². The number of nitrogens with one attached hydrogen (secondary N) is 2. The summed E-state index contributed by atoms with van der Waals surface area (Å²) < 4.78 is 26.7. The van der Waals surface area contributed by atoms with Crippen LogP contribution in [-0.4, -0.2) is 36.8 Å². The van der Waals surface area contributed by atoms with E-state index in [1.165, 1.54) is 11.1 Å². The number of aryl methyl sites for hydroxylation is 1. The number of thioether (sulfide) groups is 1. The minimum atomic E-state index is -3.70. The lowest BCUT2D eigenvalue weighted by Crippen LogP contribution is -2.26. The van der Waals surface area contributed by atoms with Crippen LogP contribution in [0, 0.1) is 6.92 Å². The number of hydrogen-bond acceptors (Lipinski definition) is 7. The van der Waals surface area contributed by atoms with E-state index in [9.17, 15) is 13.2 Å². The Bertz CT molecular complexity index is 821. The average Bonchev–Trinajstić information content (AvgIpc) is 3.04. The van der Waals surface area contributed by atoms with Gasteiger partial charge in [0.2, 0.25) is 15.4 Å². The highest BCUT2D eigenvalue weighted by atomic mass is 32.2. The predicted octanol–water partition coefficient (Wildman–Crippen LogP) is 2.41. The highest BCUT2D eigenvalue weighted by Gasteiger charge is 2.20. The number of carbonyl (C=O) groups is 1. The lowest BCUT2D eigenvalue weighted by atomic mass is 10.2. The fourth-order valence-corrected chi connectivity index (χ4v) is 4.80. The molecule has 0 spiro atoms. The Morgan fingerprint density at radius 2 is 2.12 bits per heavy atom. The Labute approximate surface area is 155 Å². The van der Waals surface area contributed by atoms with Gasteiger partial charge in [-0.05, 0) is 12.5 Å². The molecule has 0 saturated carbocycles. The van der Waals surface area contributed by atoms with Gasteiger partial charge in [0.05, 0.1) is 0 Å². The minimum absolute atomic E-state index is 0.150. The standard InChI is InChI=1S/C15H20N4O3S3/c1-3-13(20)17-14-18-19-15(24-14)25(21,22)16-7-8-23-10-12-6-4-5-11(2)9-12/h4-6,9,16H,3,7-8,10H2,1-2H3,(H,17,18,20). The summed E-state index contributed by atoms with van der Waals surface area (Å²) in [6.07, 6.45) is 0.290. The summed E-state index contributed by atoms with van der Waals surface area (Å²) in [6.45, 7) is 4.04. The number of aromatic nitrogens is 2. The number of rotatable bonds is 9. The van der Waals surface area contributed by atoms with Crippen molar-refractivity contribution in [2.45, 2.75) is 30.4 Å². The molecule has 2 rings (SSSR count). The Kier molecular flexibility index (Phi) is 7.36. The maximum absolute atomic E-state index is 12.2. The molecule has 0 aliphatic rings. The van der Waals surface area contributed by atoms with Crippen molar-refractivity contribution in [1.82, 2.24) is 14.9 Å². The Balaban J connectivity index is 1.78. The van der Waals surface area contributed by atoms with Crippen LogP contribution >= 0.6 is 23.1 Å². The van der Waals surface area contributed by atoms with E-state index in [0.29, 0.717) is 12.3 Å². The van der Waals surface area contributed by atoms with Crippen LogP contribution in [0.1, 0.15) is 24.5 Å². The molecule has 0 unspecified atom stereocenters. The van der Waals surface area contributed by atoms with Crippen molar-refractivity contribution in [1.29, 1.82) is 0 Å². The van der Waals surface area contributed by atoms with Gasteiger partial charge in [-0.3, -0.25) is 4.79 Å². The summed E-state index contributed by atoms with van der Waals surface area (Å²) >= 11 is 2.49. The van der Waals surface area contributed by atoms with Crippen molar-refractivity contribution >= 4 is 44.2 Å². The summed E-state index contributed by atoms with van der Waals surface area (Å²) in [5.41, 5.74) is 2.43. The van der Waals surface area contributed by atoms with Gasteiger partial charge in [-0.25, -0.2) is 13.1 Å². The number of benzene rings is 1. The Morgan fingerprint density at radius 1 is 1.32 bits per heavy atom. The normalized spacial score (nSPS) is 11.4. The van der Waals surface area contributed by atoms with E-state index in [1.54, 1.807) is 18.7 Å². The topological polar surface area (TPSA) is 101 Å². The van der Waals surface area contributed by atoms with E-state index in [0.717, 1.165) is 17.1 Å². The molecular weight excluding hydrogens is 380 g/mol. The first-order valence-electron chi connectivity index (χ1n) is 7.67. The van der Waals surface area contributed by atoms with Crippen LogP contribution in [0.15, 0.2) is 28.6 Å². The smallest absolute Gasteiger partial charge is 0.269 e. The fourth-order valence-electron chi connectivity index (χ4n) is 1.88. The summed E-state index contributed by atoms with van der Waals surface area (Å²) in [5, 5.41) is 9.98. The van der Waals surface area contributed by atoms with Crippen molar-refractivity contribution < 1.29 is 13.2 Å². The van der Waals surface area contributed by atoms with Gasteiger partial charge >= 0.3 is 0 Å². The first kappa shape index (κ1) is 19.8. The number of hydrogen-bond donors (Lipinski definition) is 2. The molecule has 0 fully saturated rings. The van der Waals surface area contributed by atoms with Crippen molar-refractivity contribution in [2.24, 2.45) is 0 Å². The highest BCUT2D eigenvalue weighted by molar-refractivity contribution is 7.98. The van der Waals surface area contributed by atoms with Gasteiger partial charge in [0.25, 0.3) is 10.0 Å². The molecule has 0 aliphatic heterocycles. The molecule has 1 aromatic carbocycles. The second kappa shape index (κ2) is 9.27. The zero-order valence-electron chi connectivity index (χ0n) is 14.0. The van der Waals surface area contributed by atoms with E-state index in [1.807, 2.05) is 19.1 Å². The summed E-state index contributed by atoms with van der Waals surface area (Å²) in [5.74, 6) is 1.24. The van der Waals surface area contributed by atoms with Crippen molar-refractivity contribution in [3.63, 3.8) is 0 Å². The summed E-state index contributed by atoms with van der Waals surface area (Å²) in [7, 11) is -3.70. The molecule has 0 saturated heterocycles. The van der Waals surface area contributed by atoms with Crippen LogP contribution in [0.4, 0.5) is 5.13 Å². The highest BCUT2D eigenvalue weighted by Crippen LogP contribution is 2.20. The molecule has 10 heteroatoms. The van der Waals surface area contributed by atoms with Gasteiger partial charge < -0.3 is 5.32 Å². The quantitative estimate of drug-likeness (QED) is 0.495. The van der Waals surface area contributed by atoms with E-state index < -0.39 is 10.0 Å². The molecule has 0 atom stereocenters. The Morgan fingerprint density at radius 3 is 2.84 bits per heavy atom. The third-order valence-corrected chi connectivity index (χ3v) is 6.79. The van der Waals surface area contributed by atoms with Crippen LogP contribution in [0.3, 0.4) is 0 Å². The van der Waals surface area contributed by atoms with Crippen molar-refractivity contribution in [3.05, 3.63) is 35.4 Å². The van der Waals surface area contributed by atoms with Crippen LogP contribution in [-0.2, 0) is 20.6 Å². The molecule has 0 radical (unpaired) electrons. The zero-order valence-corrected chi connectivity index (χ0v) is 16.4. The number of sulfonamides is 1. The second-order valence-electron chi connectivity index (χ2n) is 5.21. The van der Waals surface area contributed by atoms with Crippen LogP contribution in [0.5, 0.6) is 0 Å². The lowest BCUT2D eigenvalue weighted by molar-refractivity contribution is -0.115. The maximum Gasteiger partial charge on any atom is 0.269 e. The third kappa shape index (κ3) is 6.38. The predicted molar refractivity (Wildman–Crippen MR) is 101 cm³/mol. The molecule has 2 N–H and O–H groups in total. The average molecular weight is 401 g/mol. The van der Waals surface area contributed by atoms with Crippen molar-refractivity contribution in [2.75, 3.05) is 17.6 Å². The monoisotopic (exact) mass is 400 g/mol.